The predicted octanol–water partition coefficient (Wildman–Crippen LogP) is -0.661. The number of nitrogens with one attached hydrogen (secondary N) is 2. The van der Waals surface area contributed by atoms with Gasteiger partial charge >= 0.3 is 5.69 Å². The van der Waals surface area contributed by atoms with Gasteiger partial charge in [-0.1, -0.05) is 0 Å². The molecule has 25 heavy (non-hydrogen) atoms. The molecule has 2 aromatic rings. The van der Waals surface area contributed by atoms with Crippen molar-refractivity contribution in [1.82, 2.24) is 19.4 Å². The summed E-state index contributed by atoms with van der Waals surface area (Å²) in [6, 6.07) is 1.53. The van der Waals surface area contributed by atoms with Crippen LogP contribution in [0.2, 0.25) is 0 Å². The fourth-order valence-electron chi connectivity index (χ4n) is 3.13. The number of pyridine rings is 1. The molecule has 0 radical (unpaired) electrons. The van der Waals surface area contributed by atoms with Gasteiger partial charge in [0, 0.05) is 21.2 Å². The van der Waals surface area contributed by atoms with E-state index in [1.165, 1.54) is 31.0 Å². The van der Waals surface area contributed by atoms with Crippen molar-refractivity contribution in [3.05, 3.63) is 33.1 Å². The lowest BCUT2D eigenvalue weighted by molar-refractivity contribution is -0.140. The SMILES string of the molecule is COC1(C(=O)Nc2cnc3c(c2)c(=O)n(C)c(=O)n3C)CCNCC1. The molecule has 9 heteroatoms. The highest BCUT2D eigenvalue weighted by Crippen LogP contribution is 2.24. The number of fused-ring (bicyclic) bond motifs is 1. The fraction of sp³-hybridized carbons (Fsp3) is 0.500. The number of amides is 1. The van der Waals surface area contributed by atoms with Crippen LogP contribution in [0.1, 0.15) is 12.8 Å². The predicted molar refractivity (Wildman–Crippen MR) is 92.7 cm³/mol. The lowest BCUT2D eigenvalue weighted by atomic mass is 9.91. The second-order valence-corrected chi connectivity index (χ2v) is 6.20. The molecule has 0 spiro atoms. The van der Waals surface area contributed by atoms with Crippen molar-refractivity contribution in [3.63, 3.8) is 0 Å². The highest BCUT2D eigenvalue weighted by Gasteiger charge is 2.39. The molecule has 1 saturated heterocycles. The molecular formula is C16H21N5O4. The monoisotopic (exact) mass is 347 g/mol. The summed E-state index contributed by atoms with van der Waals surface area (Å²) in [5.74, 6) is -0.265. The van der Waals surface area contributed by atoms with Crippen molar-refractivity contribution in [2.45, 2.75) is 18.4 Å². The second kappa shape index (κ2) is 6.41. The van der Waals surface area contributed by atoms with Gasteiger partial charge < -0.3 is 15.4 Å². The molecule has 1 fully saturated rings. The van der Waals surface area contributed by atoms with E-state index in [1.54, 1.807) is 7.05 Å². The Hall–Kier alpha value is -2.52. The van der Waals surface area contributed by atoms with Gasteiger partial charge in [0.05, 0.1) is 17.3 Å². The highest BCUT2D eigenvalue weighted by atomic mass is 16.5. The molecule has 9 nitrogen and oxygen atoms in total. The first-order valence-corrected chi connectivity index (χ1v) is 8.03. The quantitative estimate of drug-likeness (QED) is 0.763. The third-order valence-electron chi connectivity index (χ3n) is 4.77. The minimum absolute atomic E-state index is 0.263. The number of hydrogen-bond acceptors (Lipinski definition) is 6. The molecule has 0 bridgehead atoms. The van der Waals surface area contributed by atoms with Crippen LogP contribution in [0.4, 0.5) is 5.69 Å². The van der Waals surface area contributed by atoms with E-state index in [2.05, 4.69) is 15.6 Å². The van der Waals surface area contributed by atoms with Gasteiger partial charge in [-0.15, -0.1) is 0 Å². The Morgan fingerprint density at radius 3 is 2.60 bits per heavy atom. The van der Waals surface area contributed by atoms with E-state index < -0.39 is 16.9 Å². The fourth-order valence-corrected chi connectivity index (χ4v) is 3.13. The molecule has 2 aromatic heterocycles. The lowest BCUT2D eigenvalue weighted by Crippen LogP contribution is -2.51. The summed E-state index contributed by atoms with van der Waals surface area (Å²) < 4.78 is 7.80. The molecule has 3 heterocycles. The van der Waals surface area contributed by atoms with Crippen LogP contribution in [-0.2, 0) is 23.6 Å². The van der Waals surface area contributed by atoms with E-state index in [9.17, 15) is 14.4 Å². The van der Waals surface area contributed by atoms with Crippen molar-refractivity contribution >= 4 is 22.6 Å². The summed E-state index contributed by atoms with van der Waals surface area (Å²) in [7, 11) is 4.48. The number of ether oxygens (including phenoxy) is 1. The number of aromatic nitrogens is 3. The van der Waals surface area contributed by atoms with Crippen LogP contribution in [0.15, 0.2) is 21.9 Å². The van der Waals surface area contributed by atoms with Crippen LogP contribution in [0, 0.1) is 0 Å². The summed E-state index contributed by atoms with van der Waals surface area (Å²) in [5, 5.41) is 6.24. The third-order valence-corrected chi connectivity index (χ3v) is 4.77. The topological polar surface area (TPSA) is 107 Å². The summed E-state index contributed by atoms with van der Waals surface area (Å²) in [6.07, 6.45) is 2.56. The van der Waals surface area contributed by atoms with Gasteiger partial charge in [-0.2, -0.15) is 0 Å². The maximum atomic E-state index is 12.7. The standard InChI is InChI=1S/C16H21N5O4/c1-20-12-11(13(22)21(2)15(20)24)8-10(9-18-12)19-14(23)16(25-3)4-6-17-7-5-16/h8-9,17H,4-7H2,1-3H3,(H,19,23). The molecule has 0 unspecified atom stereocenters. The second-order valence-electron chi connectivity index (χ2n) is 6.20. The number of rotatable bonds is 3. The van der Waals surface area contributed by atoms with Gasteiger partial charge in [-0.25, -0.2) is 9.78 Å². The van der Waals surface area contributed by atoms with Gasteiger partial charge in [0.1, 0.15) is 11.2 Å². The molecule has 134 valence electrons. The van der Waals surface area contributed by atoms with E-state index in [1.807, 2.05) is 0 Å². The van der Waals surface area contributed by atoms with Crippen molar-refractivity contribution in [2.75, 3.05) is 25.5 Å². The van der Waals surface area contributed by atoms with Crippen LogP contribution in [-0.4, -0.2) is 45.8 Å². The molecule has 1 aliphatic rings. The number of nitrogens with zero attached hydrogens (tertiary/aromatic N) is 3. The lowest BCUT2D eigenvalue weighted by Gasteiger charge is -2.34. The van der Waals surface area contributed by atoms with Crippen molar-refractivity contribution in [3.8, 4) is 0 Å². The Morgan fingerprint density at radius 1 is 1.28 bits per heavy atom. The third kappa shape index (κ3) is 2.85. The minimum Gasteiger partial charge on any atom is -0.368 e. The Bertz CT molecular complexity index is 940. The van der Waals surface area contributed by atoms with Crippen molar-refractivity contribution < 1.29 is 9.53 Å². The van der Waals surface area contributed by atoms with Crippen LogP contribution in [0.5, 0.6) is 0 Å². The van der Waals surface area contributed by atoms with Crippen LogP contribution < -0.4 is 21.9 Å². The maximum Gasteiger partial charge on any atom is 0.332 e. The summed E-state index contributed by atoms with van der Waals surface area (Å²) in [4.78, 5) is 41.1. The van der Waals surface area contributed by atoms with E-state index in [0.717, 1.165) is 4.57 Å². The van der Waals surface area contributed by atoms with Crippen molar-refractivity contribution in [2.24, 2.45) is 14.1 Å². The Morgan fingerprint density at radius 2 is 1.96 bits per heavy atom. The average molecular weight is 347 g/mol. The van der Waals surface area contributed by atoms with Gasteiger partial charge in [0.25, 0.3) is 11.5 Å². The van der Waals surface area contributed by atoms with Crippen LogP contribution in [0.25, 0.3) is 11.0 Å². The molecule has 1 amide bonds. The number of carbonyl (C=O) groups is 1. The van der Waals surface area contributed by atoms with Gasteiger partial charge in [-0.3, -0.25) is 18.7 Å². The number of methoxy groups -OCH3 is 1. The number of anilines is 1. The number of hydrogen-bond donors (Lipinski definition) is 2. The highest BCUT2D eigenvalue weighted by molar-refractivity contribution is 5.98. The van der Waals surface area contributed by atoms with Crippen LogP contribution >= 0.6 is 0 Å². The molecule has 0 aromatic carbocycles. The average Bonchev–Trinajstić information content (AvgIpc) is 2.65. The Balaban J connectivity index is 1.99. The zero-order valence-electron chi connectivity index (χ0n) is 14.5. The largest absolute Gasteiger partial charge is 0.368 e. The van der Waals surface area contributed by atoms with E-state index in [4.69, 9.17) is 4.74 Å². The molecule has 1 aliphatic heterocycles. The zero-order chi connectivity index (χ0) is 18.2. The molecule has 3 rings (SSSR count). The number of carbonyl (C=O) groups excluding carboxylic acids is 1. The number of aryl methyl sites for hydroxylation is 1. The van der Waals surface area contributed by atoms with E-state index in [0.29, 0.717) is 31.6 Å². The molecule has 2 N–H and O–H groups in total. The van der Waals surface area contributed by atoms with Gasteiger partial charge in [0.15, 0.2) is 0 Å². The molecular weight excluding hydrogens is 326 g/mol. The molecule has 0 saturated carbocycles. The maximum absolute atomic E-state index is 12.7. The normalized spacial score (nSPS) is 16.8. The van der Waals surface area contributed by atoms with E-state index in [-0.39, 0.29) is 16.9 Å². The first kappa shape index (κ1) is 17.3. The first-order valence-electron chi connectivity index (χ1n) is 8.03. The van der Waals surface area contributed by atoms with Gasteiger partial charge in [0.2, 0.25) is 0 Å². The number of piperidine rings is 1. The summed E-state index contributed by atoms with van der Waals surface area (Å²) in [5.41, 5.74) is -1.13. The Kier molecular flexibility index (Phi) is 4.44. The summed E-state index contributed by atoms with van der Waals surface area (Å²) in [6.45, 7) is 1.39. The Labute approximate surface area is 143 Å². The molecule has 0 aliphatic carbocycles. The molecule has 0 atom stereocenters. The van der Waals surface area contributed by atoms with Crippen LogP contribution in [0.3, 0.4) is 0 Å². The van der Waals surface area contributed by atoms with E-state index >= 15 is 0 Å². The smallest absolute Gasteiger partial charge is 0.332 e. The minimum atomic E-state index is -0.894. The first-order chi connectivity index (χ1) is 11.9. The van der Waals surface area contributed by atoms with Crippen molar-refractivity contribution in [1.29, 1.82) is 0 Å². The zero-order valence-corrected chi connectivity index (χ0v) is 14.5. The summed E-state index contributed by atoms with van der Waals surface area (Å²) >= 11 is 0. The van der Waals surface area contributed by atoms with Gasteiger partial charge in [-0.05, 0) is 32.0 Å².